The normalized spacial score (nSPS) is 15.4. The van der Waals surface area contributed by atoms with Crippen molar-refractivity contribution < 1.29 is 38.8 Å². The average Bonchev–Trinajstić information content (AvgIpc) is 2.93. The van der Waals surface area contributed by atoms with Crippen molar-refractivity contribution >= 4 is 17.7 Å². The fourth-order valence-corrected chi connectivity index (χ4v) is 6.04. The van der Waals surface area contributed by atoms with Gasteiger partial charge in [0.25, 0.3) is 0 Å². The van der Waals surface area contributed by atoms with Gasteiger partial charge in [0, 0.05) is 24.8 Å². The number of ketones is 1. The van der Waals surface area contributed by atoms with Crippen molar-refractivity contribution in [1.82, 2.24) is 0 Å². The van der Waals surface area contributed by atoms with E-state index in [1.54, 1.807) is 6.07 Å². The van der Waals surface area contributed by atoms with Crippen LogP contribution in [-0.2, 0) is 28.9 Å². The second kappa shape index (κ2) is 14.4. The Labute approximate surface area is 242 Å². The highest BCUT2D eigenvalue weighted by Gasteiger charge is 2.41. The first-order valence-electron chi connectivity index (χ1n) is 15.0. The van der Waals surface area contributed by atoms with Crippen LogP contribution in [0.5, 0.6) is 17.2 Å². The number of rotatable bonds is 16. The predicted molar refractivity (Wildman–Crippen MR) is 154 cm³/mol. The first-order chi connectivity index (χ1) is 19.8. The van der Waals surface area contributed by atoms with E-state index in [9.17, 15) is 14.4 Å². The molecule has 4 rings (SSSR count). The monoisotopic (exact) mass is 566 g/mol. The third kappa shape index (κ3) is 8.02. The van der Waals surface area contributed by atoms with Crippen LogP contribution >= 0.6 is 0 Å². The Hall–Kier alpha value is -3.55. The zero-order valence-corrected chi connectivity index (χ0v) is 24.0. The number of aliphatic carboxylic acids is 2. The molecule has 0 unspecified atom stereocenters. The smallest absolute Gasteiger partial charge is 0.303 e. The predicted octanol–water partition coefficient (Wildman–Crippen LogP) is 6.58. The lowest BCUT2D eigenvalue weighted by molar-refractivity contribution is -0.138. The van der Waals surface area contributed by atoms with Gasteiger partial charge < -0.3 is 24.4 Å². The van der Waals surface area contributed by atoms with E-state index < -0.39 is 17.5 Å². The van der Waals surface area contributed by atoms with E-state index in [4.69, 9.17) is 24.4 Å². The summed E-state index contributed by atoms with van der Waals surface area (Å²) >= 11 is 0. The van der Waals surface area contributed by atoms with Crippen LogP contribution in [0.4, 0.5) is 0 Å². The van der Waals surface area contributed by atoms with Crippen molar-refractivity contribution in [3.63, 3.8) is 0 Å². The summed E-state index contributed by atoms with van der Waals surface area (Å²) in [5, 5.41) is 18.3. The number of hydrogen-bond acceptors (Lipinski definition) is 6. The van der Waals surface area contributed by atoms with Gasteiger partial charge in [0.2, 0.25) is 0 Å². The van der Waals surface area contributed by atoms with Crippen LogP contribution in [0.3, 0.4) is 0 Å². The molecule has 0 radical (unpaired) electrons. The Kier molecular flexibility index (Phi) is 10.7. The lowest BCUT2D eigenvalue weighted by atomic mass is 9.81. The van der Waals surface area contributed by atoms with Crippen molar-refractivity contribution in [2.45, 2.75) is 102 Å². The van der Waals surface area contributed by atoms with Gasteiger partial charge in [-0.05, 0) is 87.1 Å². The molecule has 2 aromatic carbocycles. The molecule has 2 aromatic rings. The molecular weight excluding hydrogens is 524 g/mol. The highest BCUT2D eigenvalue weighted by Crippen LogP contribution is 2.44. The summed E-state index contributed by atoms with van der Waals surface area (Å²) in [5.74, 6) is 0.247. The number of fused-ring (bicyclic) bond motifs is 2. The second-order valence-corrected chi connectivity index (χ2v) is 11.2. The van der Waals surface area contributed by atoms with Crippen molar-refractivity contribution in [1.29, 1.82) is 0 Å². The van der Waals surface area contributed by atoms with Gasteiger partial charge in [-0.15, -0.1) is 0 Å². The Morgan fingerprint density at radius 2 is 1.59 bits per heavy atom. The number of carbonyl (C=O) groups excluding carboxylic acids is 1. The number of aryl methyl sites for hydroxylation is 1. The largest absolute Gasteiger partial charge is 0.493 e. The van der Waals surface area contributed by atoms with Crippen LogP contribution in [0.1, 0.15) is 105 Å². The van der Waals surface area contributed by atoms with Crippen LogP contribution in [-0.4, -0.2) is 46.7 Å². The lowest BCUT2D eigenvalue weighted by Gasteiger charge is -2.39. The average molecular weight is 567 g/mol. The molecule has 0 fully saturated rings. The van der Waals surface area contributed by atoms with Gasteiger partial charge in [0.15, 0.2) is 5.78 Å². The van der Waals surface area contributed by atoms with Gasteiger partial charge in [-0.2, -0.15) is 0 Å². The number of hydrogen-bond donors (Lipinski definition) is 2. The van der Waals surface area contributed by atoms with E-state index >= 15 is 0 Å². The maximum absolute atomic E-state index is 13.3. The fourth-order valence-electron chi connectivity index (χ4n) is 6.04. The highest BCUT2D eigenvalue weighted by molar-refractivity contribution is 6.01. The first-order valence-corrected chi connectivity index (χ1v) is 15.0. The number of carboxylic acids is 2. The molecule has 2 aliphatic rings. The summed E-state index contributed by atoms with van der Waals surface area (Å²) < 4.78 is 18.9. The third-order valence-corrected chi connectivity index (χ3v) is 8.02. The minimum Gasteiger partial charge on any atom is -0.493 e. The standard InChI is InChI=1S/C33H42O8/c1-2-9-26-29(40-21-8-20-39-28-13-5-11-23-10-3-4-12-24(23)28)17-16-25-27(34)22-33(41-32(25)26,18-6-14-30(35)36)19-7-15-31(37)38/h5,11,13,16-17H,2-4,6-10,12,14-15,18-22H2,1H3,(H,35,36)(H,37,38). The summed E-state index contributed by atoms with van der Waals surface area (Å²) in [6.45, 7) is 3.03. The van der Waals surface area contributed by atoms with Crippen molar-refractivity contribution in [3.05, 3.63) is 52.6 Å². The Morgan fingerprint density at radius 1 is 0.902 bits per heavy atom. The molecule has 8 heteroatoms. The topological polar surface area (TPSA) is 119 Å². The van der Waals surface area contributed by atoms with E-state index in [0.29, 0.717) is 68.8 Å². The molecule has 1 heterocycles. The number of carboxylic acid groups (broad SMARTS) is 2. The molecule has 1 aliphatic carbocycles. The van der Waals surface area contributed by atoms with Gasteiger partial charge in [0.05, 0.1) is 25.2 Å². The molecule has 0 aromatic heterocycles. The van der Waals surface area contributed by atoms with Crippen LogP contribution in [0.25, 0.3) is 0 Å². The summed E-state index contributed by atoms with van der Waals surface area (Å²) in [4.78, 5) is 35.7. The van der Waals surface area contributed by atoms with Gasteiger partial charge in [-0.3, -0.25) is 14.4 Å². The molecule has 2 N–H and O–H groups in total. The fraction of sp³-hybridized carbons (Fsp3) is 0.545. The first kappa shape index (κ1) is 30.4. The number of Topliss-reactive ketones (excluding diaryl/α,β-unsaturated/α-hetero) is 1. The molecule has 41 heavy (non-hydrogen) atoms. The third-order valence-electron chi connectivity index (χ3n) is 8.02. The van der Waals surface area contributed by atoms with Gasteiger partial charge in [-0.1, -0.05) is 25.5 Å². The molecule has 0 amide bonds. The molecule has 0 saturated heterocycles. The van der Waals surface area contributed by atoms with E-state index in [-0.39, 0.29) is 25.0 Å². The molecule has 0 atom stereocenters. The number of carbonyl (C=O) groups is 3. The lowest BCUT2D eigenvalue weighted by Crippen LogP contribution is -2.42. The van der Waals surface area contributed by atoms with Crippen LogP contribution in [0.15, 0.2) is 30.3 Å². The minimum atomic E-state index is -0.932. The van der Waals surface area contributed by atoms with Crippen molar-refractivity contribution in [2.24, 2.45) is 0 Å². The van der Waals surface area contributed by atoms with Gasteiger partial charge in [0.1, 0.15) is 22.8 Å². The molecule has 0 saturated carbocycles. The quantitative estimate of drug-likeness (QED) is 0.219. The van der Waals surface area contributed by atoms with Crippen molar-refractivity contribution in [3.8, 4) is 17.2 Å². The molecule has 0 spiro atoms. The molecule has 1 aliphatic heterocycles. The Morgan fingerprint density at radius 3 is 2.27 bits per heavy atom. The second-order valence-electron chi connectivity index (χ2n) is 11.2. The van der Waals surface area contributed by atoms with E-state index in [1.165, 1.54) is 24.0 Å². The zero-order valence-electron chi connectivity index (χ0n) is 24.0. The Bertz CT molecular complexity index is 1210. The maximum Gasteiger partial charge on any atom is 0.303 e. The van der Waals surface area contributed by atoms with Crippen molar-refractivity contribution in [2.75, 3.05) is 13.2 Å². The van der Waals surface area contributed by atoms with Crippen LogP contribution in [0, 0.1) is 0 Å². The minimum absolute atomic E-state index is 0.0378. The summed E-state index contributed by atoms with van der Waals surface area (Å²) in [7, 11) is 0. The molecular formula is C33H42O8. The Balaban J connectivity index is 1.45. The summed E-state index contributed by atoms with van der Waals surface area (Å²) in [6.07, 6.45) is 8.19. The SMILES string of the molecule is CCCc1c(OCCCOc2cccc3c2CCCC3)ccc2c1OC(CCCC(=O)O)(CCCC(=O)O)CC2=O. The highest BCUT2D eigenvalue weighted by atomic mass is 16.5. The van der Waals surface area contributed by atoms with Gasteiger partial charge in [-0.25, -0.2) is 0 Å². The van der Waals surface area contributed by atoms with Crippen LogP contribution in [0.2, 0.25) is 0 Å². The van der Waals surface area contributed by atoms with E-state index in [0.717, 1.165) is 30.6 Å². The van der Waals surface area contributed by atoms with Crippen LogP contribution < -0.4 is 14.2 Å². The summed E-state index contributed by atoms with van der Waals surface area (Å²) in [5.41, 5.74) is 3.12. The number of ether oxygens (including phenoxy) is 3. The number of benzene rings is 2. The zero-order chi connectivity index (χ0) is 29.2. The van der Waals surface area contributed by atoms with Gasteiger partial charge >= 0.3 is 11.9 Å². The van der Waals surface area contributed by atoms with E-state index in [2.05, 4.69) is 19.1 Å². The molecule has 0 bridgehead atoms. The van der Waals surface area contributed by atoms with E-state index in [1.807, 2.05) is 12.1 Å². The molecule has 8 nitrogen and oxygen atoms in total. The maximum atomic E-state index is 13.3. The summed E-state index contributed by atoms with van der Waals surface area (Å²) in [6, 6.07) is 9.88. The molecule has 222 valence electrons.